The first-order chi connectivity index (χ1) is 32.5. The van der Waals surface area contributed by atoms with E-state index in [1.165, 1.54) is 0 Å². The van der Waals surface area contributed by atoms with Crippen LogP contribution in [0.5, 0.6) is 0 Å². The van der Waals surface area contributed by atoms with Gasteiger partial charge in [0.1, 0.15) is 36.6 Å². The monoisotopic (exact) mass is 988 g/mol. The Bertz CT molecular complexity index is 1260. The number of amides is 3. The number of carbonyl (C=O) groups is 3. The van der Waals surface area contributed by atoms with Crippen molar-refractivity contribution in [2.75, 3.05) is 98.9 Å². The van der Waals surface area contributed by atoms with Crippen molar-refractivity contribution in [3.05, 3.63) is 0 Å². The van der Waals surface area contributed by atoms with Crippen molar-refractivity contribution in [2.45, 2.75) is 140 Å². The third-order valence-electron chi connectivity index (χ3n) is 12.1. The quantitative estimate of drug-likeness (QED) is 0.0279. The van der Waals surface area contributed by atoms with Gasteiger partial charge < -0.3 is 105 Å². The van der Waals surface area contributed by atoms with Gasteiger partial charge in [0.25, 0.3) is 0 Å². The average Bonchev–Trinajstić information content (AvgIpc) is 3.32. The molecule has 0 aliphatic carbocycles. The van der Waals surface area contributed by atoms with Crippen molar-refractivity contribution in [1.29, 1.82) is 0 Å². The number of nitrogens with one attached hydrogen (secondary N) is 3. The van der Waals surface area contributed by atoms with Crippen molar-refractivity contribution in [1.82, 2.24) is 16.0 Å². The highest BCUT2D eigenvalue weighted by Gasteiger charge is 2.44. The van der Waals surface area contributed by atoms with Crippen LogP contribution in [0.15, 0.2) is 0 Å². The number of rotatable bonds is 33. The number of aliphatic hydroxyl groups is 9. The Hall–Kier alpha value is -2.31. The molecule has 12 N–H and O–H groups in total. The van der Waals surface area contributed by atoms with E-state index in [2.05, 4.69) is 16.0 Å². The van der Waals surface area contributed by atoms with Gasteiger partial charge in [-0.2, -0.15) is 0 Å². The number of carbonyl (C=O) groups excluding carboxylic acids is 3. The Kier molecular flexibility index (Phi) is 28.1. The summed E-state index contributed by atoms with van der Waals surface area (Å²) in [6, 6.07) is 0. The second-order valence-corrected chi connectivity index (χ2v) is 18.1. The largest absolute Gasteiger partial charge is 0.394 e. The summed E-state index contributed by atoms with van der Waals surface area (Å²) >= 11 is 0. The second-order valence-electron chi connectivity index (χ2n) is 18.1. The van der Waals surface area contributed by atoms with Crippen molar-refractivity contribution in [2.24, 2.45) is 23.2 Å². The maximum absolute atomic E-state index is 12.5. The molecule has 3 amide bonds. The lowest BCUT2D eigenvalue weighted by molar-refractivity contribution is -0.282. The van der Waals surface area contributed by atoms with E-state index in [-0.39, 0.29) is 96.4 Å². The third-order valence-corrected chi connectivity index (χ3v) is 12.1. The SMILES string of the molecule is CC1[C@H](OCCCNC(=O)CCOCC(C)(COCCC(=O)NCCCO[C@@H]2OC(CO)[C@H](O)[C@H](O)C2C)COCCC(=O)NCCCO[C@@H]2OC(CO)[C@H](O)[C@H](O)C2C)OC(CO)[C@H](O)[C@@H]1O. The average molecular weight is 988 g/mol. The van der Waals surface area contributed by atoms with Crippen molar-refractivity contribution < 1.29 is 103 Å². The summed E-state index contributed by atoms with van der Waals surface area (Å²) in [6.07, 6.45) is -10.9. The zero-order valence-corrected chi connectivity index (χ0v) is 39.9. The number of aliphatic hydroxyl groups excluding tert-OH is 9. The molecule has 24 heteroatoms. The van der Waals surface area contributed by atoms with Gasteiger partial charge in [-0.25, -0.2) is 0 Å². The van der Waals surface area contributed by atoms with E-state index in [4.69, 9.17) is 42.6 Å². The molecule has 0 aromatic heterocycles. The molecular formula is C44H81N3O21. The van der Waals surface area contributed by atoms with Crippen LogP contribution in [0.2, 0.25) is 0 Å². The maximum Gasteiger partial charge on any atom is 0.222 e. The van der Waals surface area contributed by atoms with Crippen LogP contribution in [0.1, 0.15) is 66.2 Å². The van der Waals surface area contributed by atoms with E-state index in [1.54, 1.807) is 20.8 Å². The molecule has 0 radical (unpaired) electrons. The smallest absolute Gasteiger partial charge is 0.222 e. The number of hydrogen-bond acceptors (Lipinski definition) is 21. The minimum atomic E-state index is -1.22. The lowest BCUT2D eigenvalue weighted by Crippen LogP contribution is -2.55. The summed E-state index contributed by atoms with van der Waals surface area (Å²) in [5.74, 6) is -2.35. The van der Waals surface area contributed by atoms with Crippen LogP contribution in [0.4, 0.5) is 0 Å². The van der Waals surface area contributed by atoms with E-state index in [0.717, 1.165) is 0 Å². The summed E-state index contributed by atoms with van der Waals surface area (Å²) in [5.41, 5.74) is -0.736. The summed E-state index contributed by atoms with van der Waals surface area (Å²) in [4.78, 5) is 37.6. The molecule has 0 aromatic rings. The Balaban J connectivity index is 1.36. The Morgan fingerprint density at radius 2 is 0.721 bits per heavy atom. The van der Waals surface area contributed by atoms with Crippen LogP contribution in [0.25, 0.3) is 0 Å². The Labute approximate surface area is 398 Å². The molecule has 6 unspecified atom stereocenters. The van der Waals surface area contributed by atoms with Crippen LogP contribution in [0.3, 0.4) is 0 Å². The maximum atomic E-state index is 12.5. The topological polar surface area (TPSA) is 352 Å². The van der Waals surface area contributed by atoms with Crippen LogP contribution in [0, 0.1) is 23.2 Å². The molecule has 3 heterocycles. The fourth-order valence-corrected chi connectivity index (χ4v) is 7.57. The fraction of sp³-hybridized carbons (Fsp3) is 0.932. The fourth-order valence-electron chi connectivity index (χ4n) is 7.57. The molecule has 3 rings (SSSR count). The molecular weight excluding hydrogens is 906 g/mol. The van der Waals surface area contributed by atoms with Gasteiger partial charge in [0, 0.05) is 62.1 Å². The highest BCUT2D eigenvalue weighted by atomic mass is 16.7. The van der Waals surface area contributed by atoms with Crippen molar-refractivity contribution in [3.8, 4) is 0 Å². The molecule has 3 aliphatic heterocycles. The molecule has 3 aliphatic rings. The van der Waals surface area contributed by atoms with Gasteiger partial charge in [-0.3, -0.25) is 14.4 Å². The first-order valence-corrected chi connectivity index (χ1v) is 23.7. The number of ether oxygens (including phenoxy) is 9. The first-order valence-electron chi connectivity index (χ1n) is 23.7. The summed E-state index contributed by atoms with van der Waals surface area (Å²) in [5, 5.41) is 97.3. The standard InChI is InChI=1S/C44H81N3O21/c1-26-35(54)38(57)29(20-48)66-41(26)63-14-5-11-45-32(51)8-17-60-23-44(4,24-61-18-9-33(52)46-12-6-15-64-42-27(2)36(55)39(58)30(21-49)67-42)25-62-19-10-34(53)47-13-7-16-65-43-28(3)37(56)40(59)31(22-50)68-43/h26-31,35-43,48-50,54-59H,5-25H2,1-4H3,(H,45,51)(H,46,52)(H,47,53)/t26?,27?,28?,29?,30?,31?,35-,36-,37-,38+,39+,40+,41-,42-,43-,44?/m1/s1. The van der Waals surface area contributed by atoms with Crippen LogP contribution < -0.4 is 16.0 Å². The highest BCUT2D eigenvalue weighted by Crippen LogP contribution is 2.29. The Morgan fingerprint density at radius 3 is 0.971 bits per heavy atom. The molecule has 68 heavy (non-hydrogen) atoms. The first kappa shape index (κ1) is 60.0. The van der Waals surface area contributed by atoms with Crippen LogP contribution in [-0.4, -0.2) is 236 Å². The minimum Gasteiger partial charge on any atom is -0.394 e. The normalized spacial score (nSPS) is 32.9. The van der Waals surface area contributed by atoms with Gasteiger partial charge in [-0.15, -0.1) is 0 Å². The van der Waals surface area contributed by atoms with Crippen LogP contribution >= 0.6 is 0 Å². The van der Waals surface area contributed by atoms with Crippen LogP contribution in [-0.2, 0) is 57.0 Å². The summed E-state index contributed by atoms with van der Waals surface area (Å²) < 4.78 is 51.3. The lowest BCUT2D eigenvalue weighted by atomic mass is 9.92. The van der Waals surface area contributed by atoms with Gasteiger partial charge in [-0.1, -0.05) is 27.7 Å². The zero-order valence-electron chi connectivity index (χ0n) is 39.9. The van der Waals surface area contributed by atoms with Gasteiger partial charge in [-0.05, 0) is 19.3 Å². The molecule has 0 spiro atoms. The van der Waals surface area contributed by atoms with E-state index >= 15 is 0 Å². The third kappa shape index (κ3) is 20.1. The molecule has 0 saturated carbocycles. The molecule has 0 bridgehead atoms. The Morgan fingerprint density at radius 1 is 0.456 bits per heavy atom. The van der Waals surface area contributed by atoms with E-state index in [0.29, 0.717) is 38.9 Å². The predicted molar refractivity (Wildman–Crippen MR) is 236 cm³/mol. The van der Waals surface area contributed by atoms with Gasteiger partial charge in [0.15, 0.2) is 18.9 Å². The predicted octanol–water partition coefficient (Wildman–Crippen LogP) is -3.99. The molecule has 3 fully saturated rings. The highest BCUT2D eigenvalue weighted by molar-refractivity contribution is 5.76. The van der Waals surface area contributed by atoms with Crippen molar-refractivity contribution >= 4 is 17.7 Å². The van der Waals surface area contributed by atoms with Gasteiger partial charge >= 0.3 is 0 Å². The van der Waals surface area contributed by atoms with E-state index in [1.807, 2.05) is 6.92 Å². The van der Waals surface area contributed by atoms with E-state index < -0.39 is 117 Å². The second kappa shape index (κ2) is 31.9. The molecule has 24 nitrogen and oxygen atoms in total. The van der Waals surface area contributed by atoms with Gasteiger partial charge in [0.2, 0.25) is 17.7 Å². The summed E-state index contributed by atoms with van der Waals surface area (Å²) in [6.45, 7) is 7.53. The molecule has 398 valence electrons. The van der Waals surface area contributed by atoms with Crippen molar-refractivity contribution in [3.63, 3.8) is 0 Å². The van der Waals surface area contributed by atoms with Gasteiger partial charge in [0.05, 0.1) is 97.6 Å². The zero-order chi connectivity index (χ0) is 50.2. The van der Waals surface area contributed by atoms with E-state index in [9.17, 15) is 60.3 Å². The molecule has 15 atom stereocenters. The lowest BCUT2D eigenvalue weighted by Gasteiger charge is -2.40. The minimum absolute atomic E-state index is 0.0576. The molecule has 0 aromatic carbocycles. The molecule has 3 saturated heterocycles. The summed E-state index contributed by atoms with van der Waals surface area (Å²) in [7, 11) is 0. The number of hydrogen-bond donors (Lipinski definition) is 12.